The molecule has 26 heavy (non-hydrogen) atoms. The standard InChI is InChI=1S/C20H28N4O.ClH/c1-4-13-23(17-9-11-21-12-10-17)20(25)18-14-22-24(16(18)3)19-8-6-5-7-15(19)2;/h5-8,14,17,21H,4,9-13H2,1-3H3;1H. The van der Waals surface area contributed by atoms with Crippen molar-refractivity contribution in [2.45, 2.75) is 46.1 Å². The second kappa shape index (κ2) is 9.19. The van der Waals surface area contributed by atoms with E-state index in [0.717, 1.165) is 61.4 Å². The number of aryl methyl sites for hydroxylation is 1. The summed E-state index contributed by atoms with van der Waals surface area (Å²) < 4.78 is 1.88. The van der Waals surface area contributed by atoms with Crippen molar-refractivity contribution in [3.63, 3.8) is 0 Å². The zero-order chi connectivity index (χ0) is 17.8. The van der Waals surface area contributed by atoms with Crippen LogP contribution in [0.1, 0.15) is 47.8 Å². The quantitative estimate of drug-likeness (QED) is 0.868. The lowest BCUT2D eigenvalue weighted by Crippen LogP contribution is -2.46. The molecule has 1 aromatic carbocycles. The van der Waals surface area contributed by atoms with Crippen LogP contribution in [-0.4, -0.2) is 46.3 Å². The van der Waals surface area contributed by atoms with Gasteiger partial charge in [-0.1, -0.05) is 25.1 Å². The van der Waals surface area contributed by atoms with Crippen LogP contribution in [0.5, 0.6) is 0 Å². The van der Waals surface area contributed by atoms with E-state index in [-0.39, 0.29) is 18.3 Å². The number of benzene rings is 1. The molecule has 0 radical (unpaired) electrons. The lowest BCUT2D eigenvalue weighted by atomic mass is 10.0. The number of carbonyl (C=O) groups is 1. The maximum Gasteiger partial charge on any atom is 0.257 e. The van der Waals surface area contributed by atoms with Crippen LogP contribution in [0, 0.1) is 13.8 Å². The third kappa shape index (κ3) is 4.10. The molecule has 1 amide bonds. The molecule has 0 bridgehead atoms. The zero-order valence-electron chi connectivity index (χ0n) is 15.9. The molecule has 142 valence electrons. The predicted octanol–water partition coefficient (Wildman–Crippen LogP) is 3.52. The van der Waals surface area contributed by atoms with Crippen molar-refractivity contribution in [3.05, 3.63) is 47.3 Å². The normalized spacial score (nSPS) is 14.7. The number of nitrogens with one attached hydrogen (secondary N) is 1. The summed E-state index contributed by atoms with van der Waals surface area (Å²) in [7, 11) is 0. The van der Waals surface area contributed by atoms with Gasteiger partial charge in [-0.05, 0) is 57.8 Å². The third-order valence-corrected chi connectivity index (χ3v) is 5.06. The van der Waals surface area contributed by atoms with E-state index in [2.05, 4.69) is 35.2 Å². The number of nitrogens with zero attached hydrogens (tertiary/aromatic N) is 3. The van der Waals surface area contributed by atoms with Crippen molar-refractivity contribution in [1.82, 2.24) is 20.0 Å². The SMILES string of the molecule is CCCN(C(=O)c1cnn(-c2ccccc2C)c1C)C1CCNCC1.Cl. The van der Waals surface area contributed by atoms with E-state index in [1.807, 2.05) is 29.8 Å². The summed E-state index contributed by atoms with van der Waals surface area (Å²) in [4.78, 5) is 15.3. The Morgan fingerprint density at radius 3 is 2.62 bits per heavy atom. The van der Waals surface area contributed by atoms with E-state index in [1.54, 1.807) is 6.20 Å². The highest BCUT2D eigenvalue weighted by Gasteiger charge is 2.28. The van der Waals surface area contributed by atoms with Crippen LogP contribution in [0.15, 0.2) is 30.5 Å². The fourth-order valence-corrected chi connectivity index (χ4v) is 3.63. The average molecular weight is 377 g/mol. The van der Waals surface area contributed by atoms with Crippen molar-refractivity contribution in [2.75, 3.05) is 19.6 Å². The van der Waals surface area contributed by atoms with Gasteiger partial charge in [-0.3, -0.25) is 4.79 Å². The second-order valence-corrected chi connectivity index (χ2v) is 6.82. The summed E-state index contributed by atoms with van der Waals surface area (Å²) >= 11 is 0. The highest BCUT2D eigenvalue weighted by molar-refractivity contribution is 5.95. The number of para-hydroxylation sites is 1. The molecule has 1 aliphatic rings. The van der Waals surface area contributed by atoms with Gasteiger partial charge in [-0.15, -0.1) is 12.4 Å². The van der Waals surface area contributed by atoms with E-state index in [1.165, 1.54) is 0 Å². The van der Waals surface area contributed by atoms with Crippen LogP contribution in [0.25, 0.3) is 5.69 Å². The van der Waals surface area contributed by atoms with E-state index < -0.39 is 0 Å². The molecule has 2 heterocycles. The van der Waals surface area contributed by atoms with Gasteiger partial charge in [-0.25, -0.2) is 4.68 Å². The molecule has 0 aliphatic carbocycles. The van der Waals surface area contributed by atoms with Gasteiger partial charge < -0.3 is 10.2 Å². The van der Waals surface area contributed by atoms with Crippen molar-refractivity contribution in [1.29, 1.82) is 0 Å². The third-order valence-electron chi connectivity index (χ3n) is 5.06. The maximum absolute atomic E-state index is 13.2. The van der Waals surface area contributed by atoms with Crippen LogP contribution >= 0.6 is 12.4 Å². The molecule has 0 spiro atoms. The number of halogens is 1. The van der Waals surface area contributed by atoms with Crippen LogP contribution < -0.4 is 5.32 Å². The van der Waals surface area contributed by atoms with Gasteiger partial charge >= 0.3 is 0 Å². The van der Waals surface area contributed by atoms with Gasteiger partial charge in [0.1, 0.15) is 0 Å². The van der Waals surface area contributed by atoms with Crippen LogP contribution in [0.4, 0.5) is 0 Å². The fourth-order valence-electron chi connectivity index (χ4n) is 3.63. The number of hydrogen-bond donors (Lipinski definition) is 1. The summed E-state index contributed by atoms with van der Waals surface area (Å²) in [5.41, 5.74) is 3.81. The van der Waals surface area contributed by atoms with Gasteiger partial charge in [-0.2, -0.15) is 5.10 Å². The monoisotopic (exact) mass is 376 g/mol. The van der Waals surface area contributed by atoms with Crippen LogP contribution in [0.2, 0.25) is 0 Å². The number of rotatable bonds is 5. The highest BCUT2D eigenvalue weighted by atomic mass is 35.5. The first-order valence-electron chi connectivity index (χ1n) is 9.25. The molecule has 1 saturated heterocycles. The average Bonchev–Trinajstić information content (AvgIpc) is 3.01. The van der Waals surface area contributed by atoms with Crippen LogP contribution in [-0.2, 0) is 0 Å². The molecule has 0 atom stereocenters. The van der Waals surface area contributed by atoms with Crippen LogP contribution in [0.3, 0.4) is 0 Å². The molecule has 3 rings (SSSR count). The molecule has 1 N–H and O–H groups in total. The van der Waals surface area contributed by atoms with E-state index in [9.17, 15) is 4.79 Å². The predicted molar refractivity (Wildman–Crippen MR) is 108 cm³/mol. The highest BCUT2D eigenvalue weighted by Crippen LogP contribution is 2.21. The molecule has 1 aliphatic heterocycles. The first-order valence-corrected chi connectivity index (χ1v) is 9.25. The lowest BCUT2D eigenvalue weighted by Gasteiger charge is -2.34. The first-order chi connectivity index (χ1) is 12.1. The Balaban J connectivity index is 0.00000243. The second-order valence-electron chi connectivity index (χ2n) is 6.82. The van der Waals surface area contributed by atoms with Crippen molar-refractivity contribution in [2.24, 2.45) is 0 Å². The molecular weight excluding hydrogens is 348 g/mol. The maximum atomic E-state index is 13.2. The Morgan fingerprint density at radius 2 is 1.96 bits per heavy atom. The van der Waals surface area contributed by atoms with E-state index in [0.29, 0.717) is 6.04 Å². The summed E-state index contributed by atoms with van der Waals surface area (Å²) in [6.45, 7) is 8.96. The number of hydrogen-bond acceptors (Lipinski definition) is 3. The van der Waals surface area contributed by atoms with E-state index in [4.69, 9.17) is 0 Å². The Labute approximate surface area is 162 Å². The number of amides is 1. The smallest absolute Gasteiger partial charge is 0.257 e. The molecule has 0 unspecified atom stereocenters. The first kappa shape index (κ1) is 20.5. The Hall–Kier alpha value is -1.85. The van der Waals surface area contributed by atoms with Gasteiger partial charge in [0.2, 0.25) is 0 Å². The number of carbonyl (C=O) groups excluding carboxylic acids is 1. The molecule has 2 aromatic rings. The minimum atomic E-state index is 0. The Kier molecular flexibility index (Phi) is 7.23. The fraction of sp³-hybridized carbons (Fsp3) is 0.500. The minimum absolute atomic E-state index is 0. The van der Waals surface area contributed by atoms with Gasteiger partial charge in [0.05, 0.1) is 23.1 Å². The zero-order valence-corrected chi connectivity index (χ0v) is 16.7. The number of piperidine rings is 1. The summed E-state index contributed by atoms with van der Waals surface area (Å²) in [6, 6.07) is 8.46. The molecule has 1 fully saturated rings. The van der Waals surface area contributed by atoms with Gasteiger partial charge in [0, 0.05) is 12.6 Å². The lowest BCUT2D eigenvalue weighted by molar-refractivity contribution is 0.0642. The van der Waals surface area contributed by atoms with Crippen molar-refractivity contribution < 1.29 is 4.79 Å². The molecular formula is C20H29ClN4O. The van der Waals surface area contributed by atoms with Gasteiger partial charge in [0.25, 0.3) is 5.91 Å². The Bertz CT molecular complexity index is 737. The summed E-state index contributed by atoms with van der Waals surface area (Å²) in [6.07, 6.45) is 4.75. The van der Waals surface area contributed by atoms with Crippen molar-refractivity contribution >= 4 is 18.3 Å². The summed E-state index contributed by atoms with van der Waals surface area (Å²) in [5.74, 6) is 0.117. The Morgan fingerprint density at radius 1 is 1.27 bits per heavy atom. The van der Waals surface area contributed by atoms with Gasteiger partial charge in [0.15, 0.2) is 0 Å². The summed E-state index contributed by atoms with van der Waals surface area (Å²) in [5, 5.41) is 7.89. The molecule has 0 saturated carbocycles. The van der Waals surface area contributed by atoms with Crippen molar-refractivity contribution in [3.8, 4) is 5.69 Å². The minimum Gasteiger partial charge on any atom is -0.335 e. The molecule has 6 heteroatoms. The number of aromatic nitrogens is 2. The molecule has 5 nitrogen and oxygen atoms in total. The largest absolute Gasteiger partial charge is 0.335 e. The van der Waals surface area contributed by atoms with E-state index >= 15 is 0 Å². The topological polar surface area (TPSA) is 50.2 Å². The molecule has 1 aromatic heterocycles.